The van der Waals surface area contributed by atoms with Gasteiger partial charge < -0.3 is 5.32 Å². The molecule has 1 amide bonds. The van der Waals surface area contributed by atoms with Gasteiger partial charge in [0.15, 0.2) is 0 Å². The molecule has 10 heteroatoms. The molecule has 27 heavy (non-hydrogen) atoms. The predicted octanol–water partition coefficient (Wildman–Crippen LogP) is 1.80. The Balaban J connectivity index is 1.81. The van der Waals surface area contributed by atoms with Crippen molar-refractivity contribution >= 4 is 15.9 Å². The molecule has 0 saturated carbocycles. The number of rotatable bonds is 5. The van der Waals surface area contributed by atoms with Gasteiger partial charge in [-0.2, -0.15) is 9.40 Å². The molecule has 146 valence electrons. The van der Waals surface area contributed by atoms with Gasteiger partial charge in [-0.05, 0) is 30.5 Å². The number of carbonyl (C=O) groups is 1. The lowest BCUT2D eigenvalue weighted by Gasteiger charge is -2.25. The molecular weight excluding hydrogens is 378 g/mol. The summed E-state index contributed by atoms with van der Waals surface area (Å²) >= 11 is 0. The monoisotopic (exact) mass is 398 g/mol. The van der Waals surface area contributed by atoms with Crippen molar-refractivity contribution in [2.45, 2.75) is 30.8 Å². The molecular formula is C17H20F2N4O3S. The third-order valence-corrected chi connectivity index (χ3v) is 6.15. The second-order valence-corrected chi connectivity index (χ2v) is 8.30. The first-order valence-electron chi connectivity index (χ1n) is 8.54. The molecule has 3 rings (SSSR count). The summed E-state index contributed by atoms with van der Waals surface area (Å²) in [6.07, 6.45) is 3.81. The molecule has 7 nitrogen and oxygen atoms in total. The van der Waals surface area contributed by atoms with E-state index in [0.717, 1.165) is 37.5 Å². The smallest absolute Gasteiger partial charge is 0.263 e. The molecule has 0 unspecified atom stereocenters. The molecule has 2 heterocycles. The molecule has 1 aromatic carbocycles. The van der Waals surface area contributed by atoms with E-state index >= 15 is 0 Å². The van der Waals surface area contributed by atoms with Crippen LogP contribution in [-0.4, -0.2) is 41.5 Å². The number of aryl methyl sites for hydroxylation is 1. The summed E-state index contributed by atoms with van der Waals surface area (Å²) in [5, 5.41) is 6.15. The van der Waals surface area contributed by atoms with Crippen LogP contribution in [0.4, 0.5) is 8.78 Å². The Morgan fingerprint density at radius 3 is 2.41 bits per heavy atom. The van der Waals surface area contributed by atoms with Gasteiger partial charge in [0.1, 0.15) is 11.6 Å². The van der Waals surface area contributed by atoms with Crippen LogP contribution in [0, 0.1) is 11.6 Å². The summed E-state index contributed by atoms with van der Waals surface area (Å²) in [4.78, 5) is 12.5. The number of amides is 1. The number of hydrogen-bond acceptors (Lipinski definition) is 4. The van der Waals surface area contributed by atoms with Crippen molar-refractivity contribution in [1.82, 2.24) is 19.4 Å². The maximum Gasteiger partial charge on any atom is 0.263 e. The first-order valence-corrected chi connectivity index (χ1v) is 9.98. The van der Waals surface area contributed by atoms with Crippen molar-refractivity contribution < 1.29 is 22.0 Å². The average Bonchev–Trinajstić information content (AvgIpc) is 3.02. The molecule has 1 aliphatic heterocycles. The maximum atomic E-state index is 13.3. The number of benzene rings is 1. The predicted molar refractivity (Wildman–Crippen MR) is 93.3 cm³/mol. The Hall–Kier alpha value is -2.33. The van der Waals surface area contributed by atoms with E-state index in [2.05, 4.69) is 10.4 Å². The quantitative estimate of drug-likeness (QED) is 0.833. The van der Waals surface area contributed by atoms with Crippen LogP contribution >= 0.6 is 0 Å². The van der Waals surface area contributed by atoms with Crippen LogP contribution in [-0.2, 0) is 23.6 Å². The summed E-state index contributed by atoms with van der Waals surface area (Å²) in [5.74, 6) is -2.19. The van der Waals surface area contributed by atoms with Crippen molar-refractivity contribution in [2.75, 3.05) is 13.1 Å². The van der Waals surface area contributed by atoms with E-state index in [9.17, 15) is 22.0 Å². The highest BCUT2D eigenvalue weighted by Crippen LogP contribution is 2.22. The van der Waals surface area contributed by atoms with Gasteiger partial charge in [-0.25, -0.2) is 17.2 Å². The van der Waals surface area contributed by atoms with Crippen molar-refractivity contribution in [3.8, 4) is 0 Å². The first kappa shape index (κ1) is 19.4. The van der Waals surface area contributed by atoms with E-state index in [4.69, 9.17) is 0 Å². The number of nitrogens with one attached hydrogen (secondary N) is 1. The summed E-state index contributed by atoms with van der Waals surface area (Å²) in [6.45, 7) is 0.636. The second kappa shape index (κ2) is 7.73. The Morgan fingerprint density at radius 2 is 1.78 bits per heavy atom. The Labute approximate surface area is 156 Å². The Morgan fingerprint density at radius 1 is 1.15 bits per heavy atom. The van der Waals surface area contributed by atoms with Gasteiger partial charge in [0.05, 0.1) is 5.56 Å². The lowest BCUT2D eigenvalue weighted by Crippen LogP contribution is -2.37. The third-order valence-electron chi connectivity index (χ3n) is 4.31. The van der Waals surface area contributed by atoms with Crippen LogP contribution in [0.5, 0.6) is 0 Å². The van der Waals surface area contributed by atoms with Crippen molar-refractivity contribution in [1.29, 1.82) is 0 Å². The van der Waals surface area contributed by atoms with E-state index < -0.39 is 27.6 Å². The van der Waals surface area contributed by atoms with E-state index in [1.807, 2.05) is 0 Å². The van der Waals surface area contributed by atoms with E-state index in [1.165, 1.54) is 22.2 Å². The number of piperidine rings is 1. The lowest BCUT2D eigenvalue weighted by atomic mass is 10.2. The fourth-order valence-corrected chi connectivity index (χ4v) is 4.67. The number of carbonyl (C=O) groups excluding carboxylic acids is 1. The summed E-state index contributed by atoms with van der Waals surface area (Å²) in [6, 6.07) is 2.92. The highest BCUT2D eigenvalue weighted by Gasteiger charge is 2.33. The minimum atomic E-state index is -3.89. The van der Waals surface area contributed by atoms with Crippen LogP contribution in [0.2, 0.25) is 0 Å². The molecule has 1 saturated heterocycles. The van der Waals surface area contributed by atoms with Crippen LogP contribution in [0.1, 0.15) is 35.2 Å². The lowest BCUT2D eigenvalue weighted by molar-refractivity contribution is 0.0947. The van der Waals surface area contributed by atoms with Gasteiger partial charge in [-0.15, -0.1) is 0 Å². The molecule has 0 bridgehead atoms. The van der Waals surface area contributed by atoms with Crippen LogP contribution < -0.4 is 5.32 Å². The topological polar surface area (TPSA) is 84.3 Å². The largest absolute Gasteiger partial charge is 0.348 e. The molecule has 1 aliphatic rings. The number of aromatic nitrogens is 2. The van der Waals surface area contributed by atoms with Crippen LogP contribution in [0.15, 0.2) is 29.4 Å². The molecule has 0 radical (unpaired) electrons. The summed E-state index contributed by atoms with van der Waals surface area (Å²) in [7, 11) is -2.37. The maximum absolute atomic E-state index is 13.3. The molecule has 1 N–H and O–H groups in total. The number of nitrogens with zero attached hydrogens (tertiary/aromatic N) is 3. The zero-order valence-electron chi connectivity index (χ0n) is 14.8. The average molecular weight is 398 g/mol. The van der Waals surface area contributed by atoms with Gasteiger partial charge in [-0.3, -0.25) is 9.48 Å². The molecule has 0 spiro atoms. The van der Waals surface area contributed by atoms with Gasteiger partial charge in [0.2, 0.25) is 5.03 Å². The Kier molecular flexibility index (Phi) is 5.56. The first-order chi connectivity index (χ1) is 12.8. The third kappa shape index (κ3) is 4.33. The second-order valence-electron chi connectivity index (χ2n) is 6.45. The van der Waals surface area contributed by atoms with Gasteiger partial charge >= 0.3 is 0 Å². The molecule has 2 aromatic rings. The highest BCUT2D eigenvalue weighted by molar-refractivity contribution is 7.89. The molecule has 0 atom stereocenters. The number of sulfonamides is 1. The minimum Gasteiger partial charge on any atom is -0.348 e. The van der Waals surface area contributed by atoms with E-state index in [1.54, 1.807) is 0 Å². The van der Waals surface area contributed by atoms with Crippen molar-refractivity contribution in [3.63, 3.8) is 0 Å². The fourth-order valence-electron chi connectivity index (χ4n) is 3.03. The zero-order chi connectivity index (χ0) is 19.6. The van der Waals surface area contributed by atoms with Gasteiger partial charge in [0.25, 0.3) is 15.9 Å². The van der Waals surface area contributed by atoms with E-state index in [0.29, 0.717) is 13.1 Å². The highest BCUT2D eigenvalue weighted by atomic mass is 32.2. The summed E-state index contributed by atoms with van der Waals surface area (Å²) < 4.78 is 54.8. The van der Waals surface area contributed by atoms with Crippen molar-refractivity contribution in [2.24, 2.45) is 7.05 Å². The number of hydrogen-bond donors (Lipinski definition) is 1. The molecule has 1 fully saturated rings. The Bertz CT molecular complexity index is 933. The van der Waals surface area contributed by atoms with Crippen LogP contribution in [0.25, 0.3) is 0 Å². The minimum absolute atomic E-state index is 0.0973. The normalized spacial score (nSPS) is 15.7. The fraction of sp³-hybridized carbons (Fsp3) is 0.412. The zero-order valence-corrected chi connectivity index (χ0v) is 15.6. The molecule has 0 aliphatic carbocycles. The van der Waals surface area contributed by atoms with Crippen LogP contribution in [0.3, 0.4) is 0 Å². The van der Waals surface area contributed by atoms with Gasteiger partial charge in [0, 0.05) is 38.9 Å². The van der Waals surface area contributed by atoms with Crippen molar-refractivity contribution in [3.05, 3.63) is 47.2 Å². The van der Waals surface area contributed by atoms with E-state index in [-0.39, 0.29) is 22.7 Å². The standard InChI is InChI=1S/C17H20F2N4O3S/c1-22-11-15(16(24)20-10-12-7-13(18)9-14(19)8-12)17(21-22)27(25,26)23-5-3-2-4-6-23/h7-9,11H,2-6,10H2,1H3,(H,20,24). The molecule has 1 aromatic heterocycles. The van der Waals surface area contributed by atoms with Gasteiger partial charge in [-0.1, -0.05) is 6.42 Å². The SMILES string of the molecule is Cn1cc(C(=O)NCc2cc(F)cc(F)c2)c(S(=O)(=O)N2CCCCC2)n1. The number of halogens is 2. The summed E-state index contributed by atoms with van der Waals surface area (Å²) in [5.41, 5.74) is 0.130.